The molecule has 1 aliphatic heterocycles. The molecule has 0 saturated carbocycles. The zero-order valence-electron chi connectivity index (χ0n) is 15.6. The van der Waals surface area contributed by atoms with E-state index in [4.69, 9.17) is 11.6 Å². The van der Waals surface area contributed by atoms with Gasteiger partial charge in [-0.25, -0.2) is 22.2 Å². The lowest BCUT2D eigenvalue weighted by Crippen LogP contribution is -2.40. The zero-order chi connectivity index (χ0) is 21.5. The van der Waals surface area contributed by atoms with Crippen LogP contribution in [0.25, 0.3) is 22.6 Å². The molecular weight excluding hydrogens is 436 g/mol. The van der Waals surface area contributed by atoms with Crippen molar-refractivity contribution in [2.75, 3.05) is 13.1 Å². The average molecular weight is 454 g/mol. The van der Waals surface area contributed by atoms with E-state index in [1.54, 1.807) is 6.07 Å². The van der Waals surface area contributed by atoms with E-state index >= 15 is 0 Å². The first-order chi connectivity index (χ1) is 14.3. The summed E-state index contributed by atoms with van der Waals surface area (Å²) in [4.78, 5) is 7.17. The number of sulfonamides is 1. The fourth-order valence-corrected chi connectivity index (χ4v) is 5.32. The van der Waals surface area contributed by atoms with Gasteiger partial charge in [-0.1, -0.05) is 11.6 Å². The summed E-state index contributed by atoms with van der Waals surface area (Å²) >= 11 is 6.19. The fraction of sp³-hybridized carbons (Fsp3) is 0.250. The second-order valence-electron chi connectivity index (χ2n) is 7.05. The maximum Gasteiger partial charge on any atom is 0.244 e. The summed E-state index contributed by atoms with van der Waals surface area (Å²) in [5.41, 5.74) is 1.33. The monoisotopic (exact) mass is 453 g/mol. The topological polar surface area (TPSA) is 86.3 Å². The first kappa shape index (κ1) is 20.9. The van der Waals surface area contributed by atoms with E-state index in [1.807, 2.05) is 0 Å². The number of aromatic amines is 1. The Morgan fingerprint density at radius 3 is 2.47 bits per heavy atom. The Bertz CT molecular complexity index is 1190. The van der Waals surface area contributed by atoms with Crippen LogP contribution in [0.2, 0.25) is 5.02 Å². The number of nitrogens with zero attached hydrogens (tertiary/aromatic N) is 2. The van der Waals surface area contributed by atoms with Gasteiger partial charge in [0.25, 0.3) is 0 Å². The van der Waals surface area contributed by atoms with Gasteiger partial charge in [-0.05, 0) is 49.2 Å². The van der Waals surface area contributed by atoms with Crippen LogP contribution in [0.15, 0.2) is 47.5 Å². The van der Waals surface area contributed by atoms with Gasteiger partial charge in [0.05, 0.1) is 23.0 Å². The van der Waals surface area contributed by atoms with Crippen LogP contribution < -0.4 is 0 Å². The molecule has 0 aliphatic carbocycles. The van der Waals surface area contributed by atoms with E-state index in [0.29, 0.717) is 35.5 Å². The Morgan fingerprint density at radius 2 is 1.77 bits per heavy atom. The number of benzene rings is 2. The molecule has 1 fully saturated rings. The number of halogens is 3. The van der Waals surface area contributed by atoms with Crippen LogP contribution in [0.4, 0.5) is 8.78 Å². The van der Waals surface area contributed by atoms with Crippen molar-refractivity contribution >= 4 is 21.6 Å². The summed E-state index contributed by atoms with van der Waals surface area (Å²) < 4.78 is 54.1. The van der Waals surface area contributed by atoms with Crippen molar-refractivity contribution in [1.29, 1.82) is 0 Å². The highest BCUT2D eigenvalue weighted by molar-refractivity contribution is 7.89. The zero-order valence-corrected chi connectivity index (χ0v) is 17.2. The summed E-state index contributed by atoms with van der Waals surface area (Å²) in [6.07, 6.45) is 1.69. The number of H-pyrrole nitrogens is 1. The van der Waals surface area contributed by atoms with Crippen molar-refractivity contribution in [3.63, 3.8) is 0 Å². The second kappa shape index (κ2) is 8.07. The Hall–Kier alpha value is -2.33. The smallest absolute Gasteiger partial charge is 0.244 e. The SMILES string of the molecule is O=S(=O)(c1cc(-c2ncc(-c3ccc(F)c(F)c3)[nH]2)ccc1Cl)N1CCC(O)CC1. The lowest BCUT2D eigenvalue weighted by Gasteiger charge is -2.29. The summed E-state index contributed by atoms with van der Waals surface area (Å²) in [5.74, 6) is -1.57. The van der Waals surface area contributed by atoms with Gasteiger partial charge in [-0.2, -0.15) is 4.31 Å². The highest BCUT2D eigenvalue weighted by Crippen LogP contribution is 2.31. The van der Waals surface area contributed by atoms with Crippen LogP contribution in [0.1, 0.15) is 12.8 Å². The van der Waals surface area contributed by atoms with Crippen LogP contribution >= 0.6 is 11.6 Å². The number of hydrogen-bond donors (Lipinski definition) is 2. The van der Waals surface area contributed by atoms with Crippen molar-refractivity contribution in [1.82, 2.24) is 14.3 Å². The number of piperidine rings is 1. The number of rotatable bonds is 4. The maximum absolute atomic E-state index is 13.5. The van der Waals surface area contributed by atoms with Crippen LogP contribution in [0.5, 0.6) is 0 Å². The molecule has 0 radical (unpaired) electrons. The van der Waals surface area contributed by atoms with E-state index in [0.717, 1.165) is 12.1 Å². The first-order valence-electron chi connectivity index (χ1n) is 9.24. The van der Waals surface area contributed by atoms with Gasteiger partial charge in [0.15, 0.2) is 11.6 Å². The molecule has 10 heteroatoms. The highest BCUT2D eigenvalue weighted by atomic mass is 35.5. The molecule has 1 aliphatic rings. The van der Waals surface area contributed by atoms with Crippen LogP contribution in [0, 0.1) is 11.6 Å². The number of imidazole rings is 1. The lowest BCUT2D eigenvalue weighted by molar-refractivity contribution is 0.113. The summed E-state index contributed by atoms with van der Waals surface area (Å²) in [7, 11) is -3.85. The predicted molar refractivity (Wildman–Crippen MR) is 108 cm³/mol. The number of aliphatic hydroxyl groups is 1. The summed E-state index contributed by atoms with van der Waals surface area (Å²) in [5, 5.41) is 9.72. The van der Waals surface area contributed by atoms with Crippen molar-refractivity contribution < 1.29 is 22.3 Å². The quantitative estimate of drug-likeness (QED) is 0.628. The van der Waals surface area contributed by atoms with E-state index < -0.39 is 27.8 Å². The van der Waals surface area contributed by atoms with Crippen molar-refractivity contribution in [3.8, 4) is 22.6 Å². The molecule has 30 heavy (non-hydrogen) atoms. The molecule has 2 aromatic carbocycles. The third-order valence-corrected chi connectivity index (χ3v) is 7.43. The standard InChI is InChI=1S/C20H18ClF2N3O3S/c21-15-3-1-13(10-19(15)30(28,29)26-7-5-14(27)6-8-26)20-24-11-18(25-20)12-2-4-16(22)17(23)9-12/h1-4,9-11,14,27H,5-8H2,(H,24,25). The molecule has 3 aromatic rings. The fourth-order valence-electron chi connectivity index (χ4n) is 3.35. The van der Waals surface area contributed by atoms with Gasteiger partial charge < -0.3 is 10.1 Å². The van der Waals surface area contributed by atoms with E-state index in [1.165, 1.54) is 28.7 Å². The van der Waals surface area contributed by atoms with Gasteiger partial charge in [0, 0.05) is 24.2 Å². The van der Waals surface area contributed by atoms with Gasteiger partial charge >= 0.3 is 0 Å². The minimum atomic E-state index is -3.85. The van der Waals surface area contributed by atoms with Crippen molar-refractivity contribution in [2.45, 2.75) is 23.8 Å². The van der Waals surface area contributed by atoms with E-state index in [-0.39, 0.29) is 23.0 Å². The minimum absolute atomic E-state index is 0.0520. The number of nitrogens with one attached hydrogen (secondary N) is 1. The molecule has 2 N–H and O–H groups in total. The van der Waals surface area contributed by atoms with E-state index in [9.17, 15) is 22.3 Å². The molecule has 0 unspecified atom stereocenters. The average Bonchev–Trinajstić information content (AvgIpc) is 3.21. The van der Waals surface area contributed by atoms with Gasteiger partial charge in [0.2, 0.25) is 10.0 Å². The normalized spacial score (nSPS) is 16.1. The van der Waals surface area contributed by atoms with Crippen LogP contribution in [-0.4, -0.2) is 47.0 Å². The summed E-state index contributed by atoms with van der Waals surface area (Å²) in [6.45, 7) is 0.427. The van der Waals surface area contributed by atoms with Crippen LogP contribution in [-0.2, 0) is 10.0 Å². The maximum atomic E-state index is 13.5. The predicted octanol–water partition coefficient (Wildman–Crippen LogP) is 3.82. The number of aromatic nitrogens is 2. The molecule has 6 nitrogen and oxygen atoms in total. The molecule has 0 bridgehead atoms. The minimum Gasteiger partial charge on any atom is -0.393 e. The number of hydrogen-bond acceptors (Lipinski definition) is 4. The van der Waals surface area contributed by atoms with Crippen molar-refractivity contribution in [3.05, 3.63) is 59.3 Å². The second-order valence-corrected chi connectivity index (χ2v) is 9.37. The molecule has 1 aromatic heterocycles. The first-order valence-corrected chi connectivity index (χ1v) is 11.1. The molecular formula is C20H18ClF2N3O3S. The number of aliphatic hydroxyl groups excluding tert-OH is 1. The van der Waals surface area contributed by atoms with Crippen LogP contribution in [0.3, 0.4) is 0 Å². The molecule has 0 spiro atoms. The lowest BCUT2D eigenvalue weighted by atomic mass is 10.1. The van der Waals surface area contributed by atoms with Gasteiger partial charge in [0.1, 0.15) is 10.7 Å². The highest BCUT2D eigenvalue weighted by Gasteiger charge is 2.30. The van der Waals surface area contributed by atoms with Crippen molar-refractivity contribution in [2.24, 2.45) is 0 Å². The third-order valence-electron chi connectivity index (χ3n) is 5.05. The Balaban J connectivity index is 1.67. The van der Waals surface area contributed by atoms with Gasteiger partial charge in [-0.15, -0.1) is 0 Å². The molecule has 0 amide bonds. The Morgan fingerprint density at radius 1 is 1.07 bits per heavy atom. The molecule has 1 saturated heterocycles. The van der Waals surface area contributed by atoms with Gasteiger partial charge in [-0.3, -0.25) is 0 Å². The molecule has 158 valence electrons. The molecule has 0 atom stereocenters. The molecule has 2 heterocycles. The third kappa shape index (κ3) is 3.98. The summed E-state index contributed by atoms with van der Waals surface area (Å²) in [6, 6.07) is 8.01. The largest absolute Gasteiger partial charge is 0.393 e. The van der Waals surface area contributed by atoms with E-state index in [2.05, 4.69) is 9.97 Å². The molecule has 4 rings (SSSR count). The Labute approximate surface area is 177 Å². The Kier molecular flexibility index (Phi) is 5.63.